The third kappa shape index (κ3) is 5.64. The fourth-order valence-corrected chi connectivity index (χ4v) is 4.14. The number of benzene rings is 1. The van der Waals surface area contributed by atoms with Gasteiger partial charge in [-0.1, -0.05) is 6.58 Å². The van der Waals surface area contributed by atoms with Crippen LogP contribution in [0.1, 0.15) is 36.0 Å². The fourth-order valence-electron chi connectivity index (χ4n) is 2.93. The molecule has 1 N–H and O–H groups in total. The van der Waals surface area contributed by atoms with Crippen molar-refractivity contribution in [3.63, 3.8) is 0 Å². The molecule has 1 fully saturated rings. The highest BCUT2D eigenvalue weighted by Gasteiger charge is 2.22. The number of sulfonamides is 1. The second-order valence-corrected chi connectivity index (χ2v) is 8.60. The molecule has 0 spiro atoms. The van der Waals surface area contributed by atoms with Crippen LogP contribution in [0.25, 0.3) is 0 Å². The SMILES string of the molecule is C=CC(=O)NCCCN(C)S(=O)(=O)c1ccc(C(=O)N2CCCCC2)cc1. The van der Waals surface area contributed by atoms with Gasteiger partial charge in [0.2, 0.25) is 15.9 Å². The van der Waals surface area contributed by atoms with Gasteiger partial charge in [-0.15, -0.1) is 0 Å². The summed E-state index contributed by atoms with van der Waals surface area (Å²) >= 11 is 0. The van der Waals surface area contributed by atoms with Crippen LogP contribution >= 0.6 is 0 Å². The van der Waals surface area contributed by atoms with Gasteiger partial charge in [-0.25, -0.2) is 12.7 Å². The van der Waals surface area contributed by atoms with Crippen molar-refractivity contribution >= 4 is 21.8 Å². The number of hydrogen-bond acceptors (Lipinski definition) is 4. The Morgan fingerprint density at radius 2 is 1.81 bits per heavy atom. The number of hydrogen-bond donors (Lipinski definition) is 1. The van der Waals surface area contributed by atoms with E-state index in [0.29, 0.717) is 18.5 Å². The number of amides is 2. The summed E-state index contributed by atoms with van der Waals surface area (Å²) in [4.78, 5) is 25.5. The van der Waals surface area contributed by atoms with Crippen LogP contribution in [0.4, 0.5) is 0 Å². The average Bonchev–Trinajstić information content (AvgIpc) is 2.70. The summed E-state index contributed by atoms with van der Waals surface area (Å²) in [6, 6.07) is 6.09. The normalized spacial score (nSPS) is 14.8. The number of nitrogens with zero attached hydrogens (tertiary/aromatic N) is 2. The Balaban J connectivity index is 1.96. The highest BCUT2D eigenvalue weighted by atomic mass is 32.2. The molecule has 1 aromatic carbocycles. The first-order valence-electron chi connectivity index (χ1n) is 9.12. The minimum atomic E-state index is -3.64. The Hall–Kier alpha value is -2.19. The van der Waals surface area contributed by atoms with E-state index >= 15 is 0 Å². The maximum absolute atomic E-state index is 12.6. The Bertz CT molecular complexity index is 769. The van der Waals surface area contributed by atoms with Gasteiger partial charge in [0.05, 0.1) is 4.90 Å². The molecule has 0 aliphatic carbocycles. The summed E-state index contributed by atoms with van der Waals surface area (Å²) in [7, 11) is -2.14. The third-order valence-electron chi connectivity index (χ3n) is 4.59. The van der Waals surface area contributed by atoms with Crippen LogP contribution in [0.15, 0.2) is 41.8 Å². The van der Waals surface area contributed by atoms with Gasteiger partial charge in [-0.2, -0.15) is 0 Å². The van der Waals surface area contributed by atoms with Gasteiger partial charge in [0.1, 0.15) is 0 Å². The van der Waals surface area contributed by atoms with Crippen molar-refractivity contribution in [2.24, 2.45) is 0 Å². The van der Waals surface area contributed by atoms with E-state index in [1.807, 2.05) is 4.90 Å². The first kappa shape index (κ1) is 21.1. The number of carbonyl (C=O) groups is 2. The lowest BCUT2D eigenvalue weighted by molar-refractivity contribution is -0.116. The number of nitrogens with one attached hydrogen (secondary N) is 1. The van der Waals surface area contributed by atoms with Crippen LogP contribution < -0.4 is 5.32 Å². The van der Waals surface area contributed by atoms with Crippen molar-refractivity contribution < 1.29 is 18.0 Å². The number of rotatable bonds is 8. The van der Waals surface area contributed by atoms with E-state index in [2.05, 4.69) is 11.9 Å². The monoisotopic (exact) mass is 393 g/mol. The molecular formula is C19H27N3O4S. The van der Waals surface area contributed by atoms with Crippen LogP contribution in [-0.2, 0) is 14.8 Å². The van der Waals surface area contributed by atoms with Crippen molar-refractivity contribution in [2.75, 3.05) is 33.2 Å². The highest BCUT2D eigenvalue weighted by Crippen LogP contribution is 2.18. The predicted octanol–water partition coefficient (Wildman–Crippen LogP) is 1.63. The maximum Gasteiger partial charge on any atom is 0.253 e. The molecular weight excluding hydrogens is 366 g/mol. The topological polar surface area (TPSA) is 86.8 Å². The molecule has 0 unspecified atom stereocenters. The number of carbonyl (C=O) groups excluding carboxylic acids is 2. The molecule has 1 aromatic rings. The van der Waals surface area contributed by atoms with Crippen molar-refractivity contribution in [3.05, 3.63) is 42.5 Å². The Morgan fingerprint density at radius 3 is 2.41 bits per heavy atom. The van der Waals surface area contributed by atoms with Crippen LogP contribution in [0, 0.1) is 0 Å². The molecule has 1 aliphatic heterocycles. The molecule has 27 heavy (non-hydrogen) atoms. The van der Waals surface area contributed by atoms with Gasteiger partial charge in [-0.3, -0.25) is 9.59 Å². The second kappa shape index (κ2) is 9.66. The zero-order chi connectivity index (χ0) is 19.9. The largest absolute Gasteiger partial charge is 0.353 e. The lowest BCUT2D eigenvalue weighted by Crippen LogP contribution is -2.35. The summed E-state index contributed by atoms with van der Waals surface area (Å²) in [5.74, 6) is -0.334. The van der Waals surface area contributed by atoms with E-state index in [0.717, 1.165) is 32.4 Å². The Kier molecular flexibility index (Phi) is 7.55. The third-order valence-corrected chi connectivity index (χ3v) is 6.46. The molecule has 2 amide bonds. The summed E-state index contributed by atoms with van der Waals surface area (Å²) in [5.41, 5.74) is 0.505. The van der Waals surface area contributed by atoms with E-state index in [9.17, 15) is 18.0 Å². The van der Waals surface area contributed by atoms with Gasteiger partial charge in [0, 0.05) is 38.8 Å². The van der Waals surface area contributed by atoms with Gasteiger partial charge in [-0.05, 0) is 56.0 Å². The molecule has 7 nitrogen and oxygen atoms in total. The standard InChI is InChI=1S/C19H27N3O4S/c1-3-18(23)20-12-7-13-21(2)27(25,26)17-10-8-16(9-11-17)19(24)22-14-5-4-6-15-22/h3,8-11H,1,4-7,12-15H2,2H3,(H,20,23). The number of likely N-dealkylation sites (tertiary alicyclic amines) is 1. The molecule has 1 aliphatic rings. The smallest absolute Gasteiger partial charge is 0.253 e. The maximum atomic E-state index is 12.6. The minimum Gasteiger partial charge on any atom is -0.353 e. The summed E-state index contributed by atoms with van der Waals surface area (Å²) in [5, 5.41) is 2.61. The zero-order valence-corrected chi connectivity index (χ0v) is 16.5. The van der Waals surface area contributed by atoms with Crippen molar-refractivity contribution in [2.45, 2.75) is 30.6 Å². The molecule has 0 saturated carbocycles. The molecule has 0 atom stereocenters. The summed E-state index contributed by atoms with van der Waals surface area (Å²) in [6.07, 6.45) is 4.82. The first-order valence-corrected chi connectivity index (χ1v) is 10.6. The van der Waals surface area contributed by atoms with Crippen molar-refractivity contribution in [1.29, 1.82) is 0 Å². The molecule has 0 bridgehead atoms. The van der Waals surface area contributed by atoms with Crippen molar-refractivity contribution in [3.8, 4) is 0 Å². The summed E-state index contributed by atoms with van der Waals surface area (Å²) in [6.45, 7) is 5.51. The first-order chi connectivity index (χ1) is 12.9. The van der Waals surface area contributed by atoms with Gasteiger partial charge < -0.3 is 10.2 Å². The van der Waals surface area contributed by atoms with E-state index in [1.165, 1.54) is 29.6 Å². The van der Waals surface area contributed by atoms with E-state index in [1.54, 1.807) is 12.1 Å². The summed E-state index contributed by atoms with van der Waals surface area (Å²) < 4.78 is 26.5. The zero-order valence-electron chi connectivity index (χ0n) is 15.7. The highest BCUT2D eigenvalue weighted by molar-refractivity contribution is 7.89. The molecule has 0 aromatic heterocycles. The molecule has 0 radical (unpaired) electrons. The second-order valence-electron chi connectivity index (χ2n) is 6.55. The average molecular weight is 394 g/mol. The quantitative estimate of drug-likeness (QED) is 0.537. The molecule has 148 valence electrons. The van der Waals surface area contributed by atoms with E-state index < -0.39 is 10.0 Å². The van der Waals surface area contributed by atoms with Gasteiger partial charge >= 0.3 is 0 Å². The van der Waals surface area contributed by atoms with Crippen LogP contribution in [0.2, 0.25) is 0 Å². The Morgan fingerprint density at radius 1 is 1.19 bits per heavy atom. The van der Waals surface area contributed by atoms with E-state index in [-0.39, 0.29) is 23.3 Å². The van der Waals surface area contributed by atoms with Crippen LogP contribution in [0.5, 0.6) is 0 Å². The molecule has 8 heteroatoms. The minimum absolute atomic E-state index is 0.0510. The molecule has 1 heterocycles. The molecule has 2 rings (SSSR count). The lowest BCUT2D eigenvalue weighted by atomic mass is 10.1. The van der Waals surface area contributed by atoms with Crippen molar-refractivity contribution in [1.82, 2.24) is 14.5 Å². The van der Waals surface area contributed by atoms with Gasteiger partial charge in [0.15, 0.2) is 0 Å². The van der Waals surface area contributed by atoms with E-state index in [4.69, 9.17) is 0 Å². The van der Waals surface area contributed by atoms with Gasteiger partial charge in [0.25, 0.3) is 5.91 Å². The van der Waals surface area contributed by atoms with Crippen LogP contribution in [0.3, 0.4) is 0 Å². The van der Waals surface area contributed by atoms with Crippen LogP contribution in [-0.4, -0.2) is 62.7 Å². The fraction of sp³-hybridized carbons (Fsp3) is 0.474. The lowest BCUT2D eigenvalue weighted by Gasteiger charge is -2.26. The predicted molar refractivity (Wildman–Crippen MR) is 104 cm³/mol. The number of piperidine rings is 1. The Labute approximate surface area is 161 Å². The molecule has 1 saturated heterocycles.